The molecule has 0 amide bonds. The Bertz CT molecular complexity index is 338. The molecule has 0 bridgehead atoms. The van der Waals surface area contributed by atoms with Gasteiger partial charge in [-0.1, -0.05) is 30.1 Å². The van der Waals surface area contributed by atoms with Crippen LogP contribution in [0.25, 0.3) is 0 Å². The van der Waals surface area contributed by atoms with Crippen molar-refractivity contribution in [3.63, 3.8) is 0 Å². The fourth-order valence-corrected chi connectivity index (χ4v) is 0.644. The van der Waals surface area contributed by atoms with E-state index >= 15 is 0 Å². The van der Waals surface area contributed by atoms with E-state index in [4.69, 9.17) is 23.2 Å². The molecule has 5 nitrogen and oxygen atoms in total. The van der Waals surface area contributed by atoms with Crippen LogP contribution in [0.15, 0.2) is 4.79 Å². The quantitative estimate of drug-likeness (QED) is 0.710. The second-order valence-electron chi connectivity index (χ2n) is 2.34. The van der Waals surface area contributed by atoms with Gasteiger partial charge in [-0.05, 0) is 6.42 Å². The first-order chi connectivity index (χ1) is 6.54. The maximum absolute atomic E-state index is 10.5. The zero-order valence-electron chi connectivity index (χ0n) is 7.64. The van der Waals surface area contributed by atoms with Gasteiger partial charge in [-0.25, -0.2) is 5.10 Å². The standard InChI is InChI=1S/C4H2Cl2N2O2.C3H9N/c5-1-2(6)4(10)8-7-3(1)9;1-2-3-4/h(H,7,9)(H,8,10);2-4H2,1H3. The number of hydrogen-bond donors (Lipinski definition) is 2. The van der Waals surface area contributed by atoms with Gasteiger partial charge in [-0.2, -0.15) is 5.10 Å². The lowest BCUT2D eigenvalue weighted by molar-refractivity contribution is -0.367. The first-order valence-corrected chi connectivity index (χ1v) is 4.70. The Morgan fingerprint density at radius 2 is 2.00 bits per heavy atom. The predicted molar refractivity (Wildman–Crippen MR) is 52.4 cm³/mol. The van der Waals surface area contributed by atoms with E-state index in [9.17, 15) is 9.90 Å². The molecule has 80 valence electrons. The van der Waals surface area contributed by atoms with Crippen LogP contribution in [-0.4, -0.2) is 16.7 Å². The molecule has 7 heteroatoms. The summed E-state index contributed by atoms with van der Waals surface area (Å²) >= 11 is 10.5. The molecule has 1 aromatic rings. The van der Waals surface area contributed by atoms with Crippen LogP contribution in [0.4, 0.5) is 0 Å². The molecule has 14 heavy (non-hydrogen) atoms. The van der Waals surface area contributed by atoms with Gasteiger partial charge in [0.15, 0.2) is 0 Å². The summed E-state index contributed by atoms with van der Waals surface area (Å²) in [5.74, 6) is -0.730. The summed E-state index contributed by atoms with van der Waals surface area (Å²) in [6.07, 6.45) is 1.21. The molecule has 0 spiro atoms. The van der Waals surface area contributed by atoms with Gasteiger partial charge in [-0.3, -0.25) is 4.79 Å². The number of quaternary nitrogens is 1. The van der Waals surface area contributed by atoms with Gasteiger partial charge >= 0.3 is 0 Å². The topological polar surface area (TPSA) is 96.5 Å². The third-order valence-corrected chi connectivity index (χ3v) is 2.00. The number of aromatic nitrogens is 2. The highest BCUT2D eigenvalue weighted by Gasteiger charge is 2.01. The summed E-state index contributed by atoms with van der Waals surface area (Å²) in [6.45, 7) is 3.19. The second-order valence-corrected chi connectivity index (χ2v) is 3.10. The van der Waals surface area contributed by atoms with E-state index in [1.807, 2.05) is 5.10 Å². The van der Waals surface area contributed by atoms with Crippen molar-refractivity contribution in [2.24, 2.45) is 0 Å². The van der Waals surface area contributed by atoms with E-state index in [0.29, 0.717) is 0 Å². The maximum atomic E-state index is 10.5. The summed E-state index contributed by atoms with van der Waals surface area (Å²) in [7, 11) is 0. The minimum absolute atomic E-state index is 0.318. The number of nitrogens with zero attached hydrogens (tertiary/aromatic N) is 1. The fraction of sp³-hybridized carbons (Fsp3) is 0.429. The normalized spacial score (nSPS) is 9.14. The molecule has 0 aliphatic carbocycles. The Hall–Kier alpha value is -0.780. The lowest BCUT2D eigenvalue weighted by Crippen LogP contribution is -2.49. The van der Waals surface area contributed by atoms with Crippen molar-refractivity contribution in [2.45, 2.75) is 13.3 Å². The van der Waals surface area contributed by atoms with Gasteiger partial charge in [0.1, 0.15) is 5.02 Å². The van der Waals surface area contributed by atoms with Crippen LogP contribution in [0, 0.1) is 0 Å². The molecule has 0 aromatic carbocycles. The number of H-pyrrole nitrogens is 1. The number of hydrogen-bond acceptors (Lipinski definition) is 3. The molecule has 0 saturated heterocycles. The molecule has 4 N–H and O–H groups in total. The van der Waals surface area contributed by atoms with E-state index in [1.54, 1.807) is 0 Å². The van der Waals surface area contributed by atoms with Crippen LogP contribution < -0.4 is 16.4 Å². The van der Waals surface area contributed by atoms with Crippen molar-refractivity contribution in [3.8, 4) is 5.88 Å². The molecule has 1 rings (SSSR count). The van der Waals surface area contributed by atoms with Gasteiger partial charge in [0.05, 0.1) is 11.6 Å². The molecular weight excluding hydrogens is 229 g/mol. The third-order valence-electron chi connectivity index (χ3n) is 1.19. The fourth-order valence-electron chi connectivity index (χ4n) is 0.393. The van der Waals surface area contributed by atoms with E-state index < -0.39 is 11.4 Å². The number of nitrogens with one attached hydrogen (secondary N) is 1. The molecule has 0 atom stereocenters. The molecule has 0 aliphatic rings. The van der Waals surface area contributed by atoms with Gasteiger partial charge in [0.2, 0.25) is 0 Å². The third kappa shape index (κ3) is 3.95. The van der Waals surface area contributed by atoms with Gasteiger partial charge in [0.25, 0.3) is 5.56 Å². The predicted octanol–water partition coefficient (Wildman–Crippen LogP) is -0.211. The summed E-state index contributed by atoms with van der Waals surface area (Å²) in [5, 5.41) is 14.7. The highest BCUT2D eigenvalue weighted by Crippen LogP contribution is 2.21. The summed E-state index contributed by atoms with van der Waals surface area (Å²) in [6, 6.07) is 0. The Morgan fingerprint density at radius 1 is 1.50 bits per heavy atom. The van der Waals surface area contributed by atoms with Crippen molar-refractivity contribution in [2.75, 3.05) is 6.54 Å². The van der Waals surface area contributed by atoms with Crippen molar-refractivity contribution in [3.05, 3.63) is 20.4 Å². The van der Waals surface area contributed by atoms with Gasteiger partial charge < -0.3 is 10.8 Å². The van der Waals surface area contributed by atoms with Crippen molar-refractivity contribution in [1.29, 1.82) is 0 Å². The zero-order chi connectivity index (χ0) is 11.1. The Morgan fingerprint density at radius 3 is 2.36 bits per heavy atom. The Kier molecular flexibility index (Phi) is 6.27. The largest absolute Gasteiger partial charge is 0.856 e. The number of halogens is 2. The second kappa shape index (κ2) is 6.64. The molecule has 1 heterocycles. The van der Waals surface area contributed by atoms with Crippen LogP contribution in [0.5, 0.6) is 5.88 Å². The molecule has 1 aromatic heterocycles. The lowest BCUT2D eigenvalue weighted by Gasteiger charge is -2.04. The Labute approximate surface area is 90.8 Å². The SMILES string of the molecule is CCC[NH3+].O=c1[nH]nc([O-])c(Cl)c1Cl. The van der Waals surface area contributed by atoms with E-state index in [2.05, 4.69) is 17.8 Å². The molecule has 0 radical (unpaired) electrons. The van der Waals surface area contributed by atoms with E-state index in [1.165, 1.54) is 6.42 Å². The molecule has 0 unspecified atom stereocenters. The zero-order valence-corrected chi connectivity index (χ0v) is 9.15. The smallest absolute Gasteiger partial charge is 0.284 e. The van der Waals surface area contributed by atoms with Crippen LogP contribution in [0.2, 0.25) is 10.0 Å². The minimum atomic E-state index is -0.730. The minimum Gasteiger partial charge on any atom is -0.856 e. The number of aromatic amines is 1. The number of rotatable bonds is 1. The highest BCUT2D eigenvalue weighted by atomic mass is 35.5. The lowest BCUT2D eigenvalue weighted by atomic mass is 10.5. The monoisotopic (exact) mass is 239 g/mol. The van der Waals surface area contributed by atoms with Crippen LogP contribution in [0.1, 0.15) is 13.3 Å². The summed E-state index contributed by atoms with van der Waals surface area (Å²) in [5.41, 5.74) is 2.94. The average Bonchev–Trinajstić information content (AvgIpc) is 2.21. The summed E-state index contributed by atoms with van der Waals surface area (Å²) in [4.78, 5) is 10.5. The molecular formula is C7H11Cl2N3O2. The van der Waals surface area contributed by atoms with Crippen molar-refractivity contribution < 1.29 is 10.8 Å². The van der Waals surface area contributed by atoms with E-state index in [-0.39, 0.29) is 10.0 Å². The van der Waals surface area contributed by atoms with Crippen molar-refractivity contribution >= 4 is 23.2 Å². The summed E-state index contributed by atoms with van der Waals surface area (Å²) < 4.78 is 0. The maximum Gasteiger partial charge on any atom is 0.284 e. The van der Waals surface area contributed by atoms with Crippen molar-refractivity contribution in [1.82, 2.24) is 10.2 Å². The van der Waals surface area contributed by atoms with Gasteiger partial charge in [-0.15, -0.1) is 0 Å². The van der Waals surface area contributed by atoms with E-state index in [0.717, 1.165) is 6.54 Å². The van der Waals surface area contributed by atoms with Crippen LogP contribution in [0.3, 0.4) is 0 Å². The average molecular weight is 240 g/mol. The first kappa shape index (κ1) is 13.2. The van der Waals surface area contributed by atoms with Gasteiger partial charge in [0, 0.05) is 5.88 Å². The Balaban J connectivity index is 0.000000364. The highest BCUT2D eigenvalue weighted by molar-refractivity contribution is 6.42. The molecule has 0 saturated carbocycles. The van der Waals surface area contributed by atoms with Crippen LogP contribution >= 0.6 is 23.2 Å². The molecule has 0 fully saturated rings. The molecule has 0 aliphatic heterocycles. The van der Waals surface area contributed by atoms with Crippen LogP contribution in [-0.2, 0) is 0 Å². The first-order valence-electron chi connectivity index (χ1n) is 3.94.